The van der Waals surface area contributed by atoms with Crippen LogP contribution in [0.1, 0.15) is 38.8 Å². The van der Waals surface area contributed by atoms with Crippen LogP contribution in [-0.2, 0) is 30.4 Å². The smallest absolute Gasteiger partial charge is 0.326 e. The predicted molar refractivity (Wildman–Crippen MR) is 115 cm³/mol. The van der Waals surface area contributed by atoms with Crippen molar-refractivity contribution < 1.29 is 29.1 Å². The second-order valence-electron chi connectivity index (χ2n) is 8.38. The fourth-order valence-corrected chi connectivity index (χ4v) is 3.68. The summed E-state index contributed by atoms with van der Waals surface area (Å²) < 4.78 is 0. The Morgan fingerprint density at radius 1 is 1.27 bits per heavy atom. The molecule has 1 aliphatic heterocycles. The van der Waals surface area contributed by atoms with Gasteiger partial charge in [0.05, 0.1) is 18.8 Å². The monoisotopic (exact) mass is 465 g/mol. The summed E-state index contributed by atoms with van der Waals surface area (Å²) in [7, 11) is 0. The van der Waals surface area contributed by atoms with Gasteiger partial charge in [0, 0.05) is 24.9 Å². The molecule has 0 bridgehead atoms. The Balaban J connectivity index is 2.05. The van der Waals surface area contributed by atoms with Crippen molar-refractivity contribution in [2.24, 2.45) is 17.4 Å². The topological polar surface area (TPSA) is 214 Å². The number of carbonyl (C=O) groups excluding carboxylic acids is 4. The molecule has 0 saturated carbocycles. The molecular formula is C20H31N7O6. The highest BCUT2D eigenvalue weighted by Crippen LogP contribution is 2.19. The van der Waals surface area contributed by atoms with Crippen molar-refractivity contribution >= 4 is 29.6 Å². The largest absolute Gasteiger partial charge is 0.480 e. The Morgan fingerprint density at radius 3 is 2.52 bits per heavy atom. The maximum absolute atomic E-state index is 13.0. The number of nitrogens with one attached hydrogen (secondary N) is 3. The van der Waals surface area contributed by atoms with Crippen LogP contribution in [0.4, 0.5) is 0 Å². The molecule has 1 aromatic rings. The number of H-pyrrole nitrogens is 1. The lowest BCUT2D eigenvalue weighted by Crippen LogP contribution is -2.58. The number of rotatable bonds is 11. The molecule has 13 nitrogen and oxygen atoms in total. The number of aromatic amines is 1. The number of carboxylic acid groups (broad SMARTS) is 1. The zero-order valence-corrected chi connectivity index (χ0v) is 18.6. The number of hydrogen-bond acceptors (Lipinski definition) is 7. The summed E-state index contributed by atoms with van der Waals surface area (Å²) in [5.41, 5.74) is 11.8. The molecule has 0 radical (unpaired) electrons. The molecule has 13 heteroatoms. The van der Waals surface area contributed by atoms with E-state index in [1.807, 2.05) is 0 Å². The van der Waals surface area contributed by atoms with Crippen LogP contribution in [0.3, 0.4) is 0 Å². The van der Waals surface area contributed by atoms with Crippen LogP contribution in [0, 0.1) is 5.92 Å². The van der Waals surface area contributed by atoms with Gasteiger partial charge < -0.3 is 37.1 Å². The lowest BCUT2D eigenvalue weighted by Gasteiger charge is -2.29. The van der Waals surface area contributed by atoms with E-state index in [0.717, 1.165) is 0 Å². The fourth-order valence-electron chi connectivity index (χ4n) is 3.68. The van der Waals surface area contributed by atoms with Gasteiger partial charge in [-0.2, -0.15) is 0 Å². The Hall–Kier alpha value is -3.48. The first-order chi connectivity index (χ1) is 15.5. The summed E-state index contributed by atoms with van der Waals surface area (Å²) in [5, 5.41) is 14.1. The molecule has 33 heavy (non-hydrogen) atoms. The Labute approximate surface area is 190 Å². The number of carbonyl (C=O) groups is 5. The van der Waals surface area contributed by atoms with Crippen molar-refractivity contribution in [2.75, 3.05) is 6.54 Å². The van der Waals surface area contributed by atoms with Crippen molar-refractivity contribution in [1.29, 1.82) is 0 Å². The highest BCUT2D eigenvalue weighted by Gasteiger charge is 2.38. The Kier molecular flexibility index (Phi) is 8.91. The highest BCUT2D eigenvalue weighted by atomic mass is 16.4. The first-order valence-corrected chi connectivity index (χ1v) is 10.7. The normalized spacial score (nSPS) is 18.4. The lowest BCUT2D eigenvalue weighted by atomic mass is 10.0. The molecule has 4 unspecified atom stereocenters. The second kappa shape index (κ2) is 11.4. The molecule has 0 aromatic carbocycles. The van der Waals surface area contributed by atoms with E-state index in [1.165, 1.54) is 11.2 Å². The number of nitrogens with two attached hydrogens (primary N) is 2. The van der Waals surface area contributed by atoms with Gasteiger partial charge in [-0.05, 0) is 18.8 Å². The molecule has 4 amide bonds. The predicted octanol–water partition coefficient (Wildman–Crippen LogP) is -2.14. The average molecular weight is 466 g/mol. The third-order valence-electron chi connectivity index (χ3n) is 5.42. The van der Waals surface area contributed by atoms with Crippen LogP contribution in [0.2, 0.25) is 0 Å². The highest BCUT2D eigenvalue weighted by molar-refractivity contribution is 5.95. The molecule has 1 aromatic heterocycles. The molecule has 2 rings (SSSR count). The van der Waals surface area contributed by atoms with E-state index in [1.54, 1.807) is 20.0 Å². The van der Waals surface area contributed by atoms with Crippen LogP contribution in [0.15, 0.2) is 12.5 Å². The summed E-state index contributed by atoms with van der Waals surface area (Å²) in [6.07, 6.45) is 3.69. The third kappa shape index (κ3) is 7.00. The van der Waals surface area contributed by atoms with Crippen LogP contribution in [0.5, 0.6) is 0 Å². The van der Waals surface area contributed by atoms with E-state index in [0.29, 0.717) is 25.1 Å². The first-order valence-electron chi connectivity index (χ1n) is 10.7. The minimum atomic E-state index is -1.52. The maximum atomic E-state index is 13.0. The molecule has 0 aliphatic carbocycles. The quantitative estimate of drug-likeness (QED) is 0.211. The summed E-state index contributed by atoms with van der Waals surface area (Å²) in [5.74, 6) is -4.40. The van der Waals surface area contributed by atoms with Crippen LogP contribution < -0.4 is 22.1 Å². The molecule has 1 saturated heterocycles. The average Bonchev–Trinajstić information content (AvgIpc) is 3.41. The molecule has 1 fully saturated rings. The third-order valence-corrected chi connectivity index (χ3v) is 5.42. The Morgan fingerprint density at radius 2 is 1.97 bits per heavy atom. The molecule has 2 heterocycles. The standard InChI is InChI=1S/C20H31N7O6/c1-10(2)16(18(30)25-13(20(32)33)7-15(22)28)26-17(29)14-4-3-5-27(14)19(31)12(21)6-11-8-23-9-24-11/h8-10,12-14,16H,3-7,21H2,1-2H3,(H2,22,28)(H,23,24)(H,25,30)(H,26,29)(H,32,33). The number of amides is 4. The first kappa shape index (κ1) is 25.8. The van der Waals surface area contributed by atoms with E-state index in [4.69, 9.17) is 11.5 Å². The van der Waals surface area contributed by atoms with Gasteiger partial charge in [0.2, 0.25) is 23.6 Å². The van der Waals surface area contributed by atoms with E-state index < -0.39 is 60.2 Å². The Bertz CT molecular complexity index is 872. The van der Waals surface area contributed by atoms with Gasteiger partial charge in [0.25, 0.3) is 0 Å². The van der Waals surface area contributed by atoms with Gasteiger partial charge in [0.15, 0.2) is 0 Å². The van der Waals surface area contributed by atoms with E-state index in [9.17, 15) is 29.1 Å². The zero-order chi connectivity index (χ0) is 24.7. The van der Waals surface area contributed by atoms with E-state index in [2.05, 4.69) is 20.6 Å². The molecule has 4 atom stereocenters. The summed E-state index contributed by atoms with van der Waals surface area (Å²) in [4.78, 5) is 69.1. The number of primary amides is 1. The summed E-state index contributed by atoms with van der Waals surface area (Å²) in [6.45, 7) is 3.70. The molecule has 8 N–H and O–H groups in total. The van der Waals surface area contributed by atoms with Gasteiger partial charge in [-0.3, -0.25) is 19.2 Å². The van der Waals surface area contributed by atoms with Crippen LogP contribution >= 0.6 is 0 Å². The molecular weight excluding hydrogens is 434 g/mol. The van der Waals surface area contributed by atoms with E-state index in [-0.39, 0.29) is 12.3 Å². The summed E-state index contributed by atoms with van der Waals surface area (Å²) >= 11 is 0. The molecule has 182 valence electrons. The van der Waals surface area contributed by atoms with Gasteiger partial charge in [0.1, 0.15) is 18.1 Å². The molecule has 1 aliphatic rings. The van der Waals surface area contributed by atoms with Crippen molar-refractivity contribution in [2.45, 2.75) is 63.7 Å². The van der Waals surface area contributed by atoms with Gasteiger partial charge in [-0.1, -0.05) is 13.8 Å². The van der Waals surface area contributed by atoms with Gasteiger partial charge in [-0.15, -0.1) is 0 Å². The number of hydrogen-bond donors (Lipinski definition) is 6. The van der Waals surface area contributed by atoms with Crippen LogP contribution in [-0.4, -0.2) is 80.3 Å². The van der Waals surface area contributed by atoms with Crippen LogP contribution in [0.25, 0.3) is 0 Å². The molecule has 0 spiro atoms. The van der Waals surface area contributed by atoms with Gasteiger partial charge >= 0.3 is 5.97 Å². The lowest BCUT2D eigenvalue weighted by molar-refractivity contribution is -0.144. The minimum Gasteiger partial charge on any atom is -0.480 e. The number of likely N-dealkylation sites (tertiary alicyclic amines) is 1. The summed E-state index contributed by atoms with van der Waals surface area (Å²) in [6, 6.07) is -4.27. The second-order valence-corrected chi connectivity index (χ2v) is 8.38. The van der Waals surface area contributed by atoms with Gasteiger partial charge in [-0.25, -0.2) is 9.78 Å². The minimum absolute atomic E-state index is 0.233. The zero-order valence-electron chi connectivity index (χ0n) is 18.6. The maximum Gasteiger partial charge on any atom is 0.326 e. The van der Waals surface area contributed by atoms with Crippen molar-refractivity contribution in [1.82, 2.24) is 25.5 Å². The van der Waals surface area contributed by atoms with Crippen molar-refractivity contribution in [3.05, 3.63) is 18.2 Å². The number of aromatic nitrogens is 2. The van der Waals surface area contributed by atoms with Crippen molar-refractivity contribution in [3.8, 4) is 0 Å². The fraction of sp³-hybridized carbons (Fsp3) is 0.600. The van der Waals surface area contributed by atoms with E-state index >= 15 is 0 Å². The number of imidazole rings is 1. The van der Waals surface area contributed by atoms with Crippen molar-refractivity contribution in [3.63, 3.8) is 0 Å². The number of aliphatic carboxylic acids is 1. The number of nitrogens with zero attached hydrogens (tertiary/aromatic N) is 2. The SMILES string of the molecule is CC(C)C(NC(=O)C1CCCN1C(=O)C(N)Cc1cnc[nH]1)C(=O)NC(CC(N)=O)C(=O)O. The number of carboxylic acids is 1.